The van der Waals surface area contributed by atoms with E-state index in [-0.39, 0.29) is 5.41 Å². The number of nitrogens with one attached hydrogen (secondary N) is 1. The molecular formula is C18H31NS. The predicted octanol–water partition coefficient (Wildman–Crippen LogP) is 5.02. The Hall–Kier alpha value is -0.470. The lowest BCUT2D eigenvalue weighted by molar-refractivity contribution is 0.584. The Morgan fingerprint density at radius 2 is 1.65 bits per heavy atom. The SMILES string of the molecule is CCNC(CSCC(C)C)c1ccc(C(C)(C)C)cc1. The van der Waals surface area contributed by atoms with Gasteiger partial charge in [0.1, 0.15) is 0 Å². The molecule has 0 heterocycles. The largest absolute Gasteiger partial charge is 0.310 e. The van der Waals surface area contributed by atoms with E-state index in [1.54, 1.807) is 0 Å². The Morgan fingerprint density at radius 3 is 2.10 bits per heavy atom. The van der Waals surface area contributed by atoms with Gasteiger partial charge in [-0.05, 0) is 34.8 Å². The average Bonchev–Trinajstić information content (AvgIpc) is 2.36. The highest BCUT2D eigenvalue weighted by Crippen LogP contribution is 2.25. The summed E-state index contributed by atoms with van der Waals surface area (Å²) in [5.41, 5.74) is 3.06. The molecule has 0 bridgehead atoms. The van der Waals surface area contributed by atoms with E-state index >= 15 is 0 Å². The zero-order valence-electron chi connectivity index (χ0n) is 14.0. The highest BCUT2D eigenvalue weighted by Gasteiger charge is 2.15. The first kappa shape index (κ1) is 17.6. The first-order valence-electron chi connectivity index (χ1n) is 7.76. The van der Waals surface area contributed by atoms with Crippen LogP contribution < -0.4 is 5.32 Å². The highest BCUT2D eigenvalue weighted by atomic mass is 32.2. The van der Waals surface area contributed by atoms with E-state index in [4.69, 9.17) is 0 Å². The number of rotatable bonds is 7. The molecular weight excluding hydrogens is 262 g/mol. The first-order valence-corrected chi connectivity index (χ1v) is 8.91. The van der Waals surface area contributed by atoms with E-state index in [0.717, 1.165) is 18.2 Å². The van der Waals surface area contributed by atoms with E-state index in [0.29, 0.717) is 6.04 Å². The van der Waals surface area contributed by atoms with Crippen LogP contribution in [0, 0.1) is 5.92 Å². The van der Waals surface area contributed by atoms with Gasteiger partial charge in [-0.25, -0.2) is 0 Å². The molecule has 0 radical (unpaired) electrons. The summed E-state index contributed by atoms with van der Waals surface area (Å²) in [5, 5.41) is 3.61. The van der Waals surface area contributed by atoms with Gasteiger partial charge >= 0.3 is 0 Å². The highest BCUT2D eigenvalue weighted by molar-refractivity contribution is 7.99. The van der Waals surface area contributed by atoms with Crippen molar-refractivity contribution in [2.45, 2.75) is 53.0 Å². The third-order valence-corrected chi connectivity index (χ3v) is 4.84. The molecule has 0 aliphatic carbocycles. The molecule has 2 heteroatoms. The molecule has 114 valence electrons. The number of thioether (sulfide) groups is 1. The van der Waals surface area contributed by atoms with Gasteiger partial charge in [0.2, 0.25) is 0 Å². The summed E-state index contributed by atoms with van der Waals surface area (Å²) in [7, 11) is 0. The van der Waals surface area contributed by atoms with Crippen LogP contribution in [-0.4, -0.2) is 18.1 Å². The molecule has 0 amide bonds. The fraction of sp³-hybridized carbons (Fsp3) is 0.667. The van der Waals surface area contributed by atoms with Gasteiger partial charge in [0.05, 0.1) is 0 Å². The lowest BCUT2D eigenvalue weighted by atomic mass is 9.86. The van der Waals surface area contributed by atoms with Crippen LogP contribution in [-0.2, 0) is 5.41 Å². The molecule has 0 fully saturated rings. The van der Waals surface area contributed by atoms with Crippen molar-refractivity contribution in [2.24, 2.45) is 5.92 Å². The standard InChI is InChI=1S/C18H31NS/c1-7-19-17(13-20-12-14(2)3)15-8-10-16(11-9-15)18(4,5)6/h8-11,14,17,19H,7,12-13H2,1-6H3. The molecule has 0 spiro atoms. The van der Waals surface area contributed by atoms with Crippen LogP contribution in [0.5, 0.6) is 0 Å². The van der Waals surface area contributed by atoms with Crippen LogP contribution in [0.1, 0.15) is 58.7 Å². The Labute approximate surface area is 129 Å². The molecule has 1 aromatic rings. The van der Waals surface area contributed by atoms with Crippen molar-refractivity contribution in [3.8, 4) is 0 Å². The van der Waals surface area contributed by atoms with E-state index in [2.05, 4.69) is 82.9 Å². The quantitative estimate of drug-likeness (QED) is 0.757. The Kier molecular flexibility index (Phi) is 7.11. The summed E-state index contributed by atoms with van der Waals surface area (Å²) in [6, 6.07) is 9.63. The average molecular weight is 294 g/mol. The van der Waals surface area contributed by atoms with Gasteiger partial charge in [-0.3, -0.25) is 0 Å². The molecule has 1 rings (SSSR count). The van der Waals surface area contributed by atoms with Gasteiger partial charge in [0, 0.05) is 11.8 Å². The maximum Gasteiger partial charge on any atom is 0.0411 e. The first-order chi connectivity index (χ1) is 9.34. The van der Waals surface area contributed by atoms with Crippen molar-refractivity contribution in [1.82, 2.24) is 5.32 Å². The zero-order valence-corrected chi connectivity index (χ0v) is 14.8. The van der Waals surface area contributed by atoms with Crippen LogP contribution in [0.3, 0.4) is 0 Å². The normalized spacial score (nSPS) is 13.8. The molecule has 1 N–H and O–H groups in total. The van der Waals surface area contributed by atoms with E-state index in [1.165, 1.54) is 16.9 Å². The number of benzene rings is 1. The van der Waals surface area contributed by atoms with Crippen molar-refractivity contribution in [3.63, 3.8) is 0 Å². The molecule has 1 unspecified atom stereocenters. The molecule has 0 aliphatic rings. The van der Waals surface area contributed by atoms with Crippen molar-refractivity contribution in [3.05, 3.63) is 35.4 Å². The smallest absolute Gasteiger partial charge is 0.0411 e. The Balaban J connectivity index is 2.71. The molecule has 20 heavy (non-hydrogen) atoms. The number of hydrogen-bond donors (Lipinski definition) is 1. The molecule has 0 saturated carbocycles. The van der Waals surface area contributed by atoms with Crippen LogP contribution >= 0.6 is 11.8 Å². The fourth-order valence-electron chi connectivity index (χ4n) is 2.16. The second kappa shape index (κ2) is 8.09. The third-order valence-electron chi connectivity index (χ3n) is 3.37. The molecule has 1 aromatic carbocycles. The van der Waals surface area contributed by atoms with Crippen LogP contribution in [0.2, 0.25) is 0 Å². The van der Waals surface area contributed by atoms with Crippen molar-refractivity contribution in [1.29, 1.82) is 0 Å². The maximum atomic E-state index is 3.61. The molecule has 0 aromatic heterocycles. The van der Waals surface area contributed by atoms with E-state index in [1.807, 2.05) is 0 Å². The summed E-state index contributed by atoms with van der Waals surface area (Å²) in [4.78, 5) is 0. The minimum atomic E-state index is 0.235. The van der Waals surface area contributed by atoms with Crippen LogP contribution in [0.25, 0.3) is 0 Å². The second-order valence-electron chi connectivity index (χ2n) is 6.91. The topological polar surface area (TPSA) is 12.0 Å². The summed E-state index contributed by atoms with van der Waals surface area (Å²) in [6.07, 6.45) is 0. The van der Waals surface area contributed by atoms with Gasteiger partial charge in [-0.2, -0.15) is 11.8 Å². The third kappa shape index (κ3) is 5.88. The van der Waals surface area contributed by atoms with Gasteiger partial charge in [-0.1, -0.05) is 65.8 Å². The monoisotopic (exact) mass is 293 g/mol. The Morgan fingerprint density at radius 1 is 1.05 bits per heavy atom. The van der Waals surface area contributed by atoms with E-state index in [9.17, 15) is 0 Å². The second-order valence-corrected chi connectivity index (χ2v) is 7.99. The van der Waals surface area contributed by atoms with Crippen molar-refractivity contribution < 1.29 is 0 Å². The predicted molar refractivity (Wildman–Crippen MR) is 93.7 cm³/mol. The van der Waals surface area contributed by atoms with Gasteiger partial charge < -0.3 is 5.32 Å². The summed E-state index contributed by atoms with van der Waals surface area (Å²) < 4.78 is 0. The van der Waals surface area contributed by atoms with Crippen LogP contribution in [0.4, 0.5) is 0 Å². The lowest BCUT2D eigenvalue weighted by Gasteiger charge is -2.22. The molecule has 1 atom stereocenters. The summed E-state index contributed by atoms with van der Waals surface area (Å²) in [6.45, 7) is 14.6. The maximum absolute atomic E-state index is 3.61. The molecule has 0 aliphatic heterocycles. The van der Waals surface area contributed by atoms with Gasteiger partial charge in [-0.15, -0.1) is 0 Å². The molecule has 0 saturated heterocycles. The minimum Gasteiger partial charge on any atom is -0.310 e. The summed E-state index contributed by atoms with van der Waals surface area (Å²) in [5.74, 6) is 3.16. The van der Waals surface area contributed by atoms with Crippen molar-refractivity contribution in [2.75, 3.05) is 18.1 Å². The lowest BCUT2D eigenvalue weighted by Crippen LogP contribution is -2.23. The summed E-state index contributed by atoms with van der Waals surface area (Å²) >= 11 is 2.05. The van der Waals surface area contributed by atoms with Crippen LogP contribution in [0.15, 0.2) is 24.3 Å². The fourth-order valence-corrected chi connectivity index (χ4v) is 3.31. The Bertz CT molecular complexity index is 375. The van der Waals surface area contributed by atoms with Crippen molar-refractivity contribution >= 4 is 11.8 Å². The zero-order chi connectivity index (χ0) is 15.2. The number of hydrogen-bond acceptors (Lipinski definition) is 2. The van der Waals surface area contributed by atoms with Gasteiger partial charge in [0.25, 0.3) is 0 Å². The van der Waals surface area contributed by atoms with E-state index < -0.39 is 0 Å². The minimum absolute atomic E-state index is 0.235. The van der Waals surface area contributed by atoms with Gasteiger partial charge in [0.15, 0.2) is 0 Å². The molecule has 1 nitrogen and oxygen atoms in total.